The van der Waals surface area contributed by atoms with E-state index in [0.717, 1.165) is 36.9 Å². The summed E-state index contributed by atoms with van der Waals surface area (Å²) in [6.07, 6.45) is 8.33. The Bertz CT molecular complexity index is 725. The number of carbonyl (C=O) groups excluding carboxylic acids is 1. The van der Waals surface area contributed by atoms with E-state index >= 15 is 0 Å². The molecule has 1 aromatic carbocycles. The van der Waals surface area contributed by atoms with Gasteiger partial charge in [0, 0.05) is 19.0 Å². The van der Waals surface area contributed by atoms with Crippen molar-refractivity contribution in [1.29, 1.82) is 0 Å². The first-order valence-electron chi connectivity index (χ1n) is 9.70. The van der Waals surface area contributed by atoms with Gasteiger partial charge in [-0.3, -0.25) is 4.79 Å². The van der Waals surface area contributed by atoms with E-state index in [0.29, 0.717) is 24.9 Å². The van der Waals surface area contributed by atoms with E-state index in [1.54, 1.807) is 0 Å². The molecule has 1 aromatic heterocycles. The Morgan fingerprint density at radius 3 is 2.58 bits per heavy atom. The van der Waals surface area contributed by atoms with Crippen molar-refractivity contribution in [3.05, 3.63) is 42.9 Å². The highest BCUT2D eigenvalue weighted by atomic mass is 16.3. The van der Waals surface area contributed by atoms with Crippen molar-refractivity contribution < 1.29 is 9.90 Å². The minimum absolute atomic E-state index is 0.114. The van der Waals surface area contributed by atoms with Crippen LogP contribution in [0.25, 0.3) is 11.3 Å². The zero-order valence-electron chi connectivity index (χ0n) is 15.1. The topological polar surface area (TPSA) is 67.2 Å². The van der Waals surface area contributed by atoms with Crippen LogP contribution in [0.1, 0.15) is 32.1 Å². The molecule has 2 saturated carbocycles. The fourth-order valence-corrected chi connectivity index (χ4v) is 4.82. The van der Waals surface area contributed by atoms with Gasteiger partial charge in [-0.2, -0.15) is 0 Å². The zero-order valence-corrected chi connectivity index (χ0v) is 15.1. The predicted octanol–water partition coefficient (Wildman–Crippen LogP) is 2.85. The molecule has 2 bridgehead atoms. The third-order valence-electron chi connectivity index (χ3n) is 5.92. The fourth-order valence-electron chi connectivity index (χ4n) is 4.82. The first-order valence-corrected chi connectivity index (χ1v) is 9.70. The maximum absolute atomic E-state index is 12.6. The number of aliphatic hydroxyl groups excluding tert-OH is 1. The molecule has 1 amide bonds. The lowest BCUT2D eigenvalue weighted by molar-refractivity contribution is -0.128. The first kappa shape index (κ1) is 17.3. The number of rotatable bonds is 5. The van der Waals surface area contributed by atoms with Crippen LogP contribution >= 0.6 is 0 Å². The van der Waals surface area contributed by atoms with E-state index in [9.17, 15) is 9.90 Å². The lowest BCUT2D eigenvalue weighted by Gasteiger charge is -2.40. The van der Waals surface area contributed by atoms with Gasteiger partial charge in [-0.15, -0.1) is 0 Å². The number of hydrogen-bond donors (Lipinski definition) is 2. The average molecular weight is 353 g/mol. The van der Waals surface area contributed by atoms with Crippen molar-refractivity contribution in [3.63, 3.8) is 0 Å². The van der Waals surface area contributed by atoms with Crippen molar-refractivity contribution in [3.8, 4) is 11.3 Å². The smallest absolute Gasteiger partial charge is 0.223 e. The molecule has 4 atom stereocenters. The summed E-state index contributed by atoms with van der Waals surface area (Å²) < 4.78 is 2.08. The van der Waals surface area contributed by atoms with Gasteiger partial charge in [0.15, 0.2) is 0 Å². The average Bonchev–Trinajstić information content (AvgIpc) is 3.10. The van der Waals surface area contributed by atoms with E-state index in [2.05, 4.69) is 27.0 Å². The highest BCUT2D eigenvalue weighted by Crippen LogP contribution is 2.42. The molecule has 5 heteroatoms. The molecule has 2 unspecified atom stereocenters. The van der Waals surface area contributed by atoms with Crippen molar-refractivity contribution >= 4 is 5.91 Å². The van der Waals surface area contributed by atoms with Crippen LogP contribution in [0.3, 0.4) is 0 Å². The molecule has 1 heterocycles. The largest absolute Gasteiger partial charge is 0.393 e. The van der Waals surface area contributed by atoms with Crippen LogP contribution in [0.2, 0.25) is 0 Å². The van der Waals surface area contributed by atoms with Gasteiger partial charge in [-0.05, 0) is 49.5 Å². The quantitative estimate of drug-likeness (QED) is 0.869. The van der Waals surface area contributed by atoms with Crippen molar-refractivity contribution in [1.82, 2.24) is 14.9 Å². The van der Waals surface area contributed by atoms with Crippen LogP contribution in [0.15, 0.2) is 42.9 Å². The molecule has 2 aromatic rings. The van der Waals surface area contributed by atoms with E-state index in [1.165, 1.54) is 6.42 Å². The predicted molar refractivity (Wildman–Crippen MR) is 100 cm³/mol. The Morgan fingerprint density at radius 1 is 1.12 bits per heavy atom. The Hall–Kier alpha value is -2.14. The van der Waals surface area contributed by atoms with Crippen molar-refractivity contribution in [2.45, 2.75) is 44.8 Å². The second kappa shape index (κ2) is 7.62. The molecule has 0 spiro atoms. The van der Waals surface area contributed by atoms with E-state index < -0.39 is 0 Å². The molecule has 2 aliphatic rings. The van der Waals surface area contributed by atoms with E-state index in [1.807, 2.05) is 30.7 Å². The van der Waals surface area contributed by atoms with Gasteiger partial charge < -0.3 is 15.0 Å². The van der Waals surface area contributed by atoms with Crippen LogP contribution < -0.4 is 5.32 Å². The van der Waals surface area contributed by atoms with Crippen LogP contribution in [-0.2, 0) is 11.3 Å². The third kappa shape index (κ3) is 3.83. The summed E-state index contributed by atoms with van der Waals surface area (Å²) in [4.78, 5) is 16.9. The molecule has 2 aliphatic carbocycles. The lowest BCUT2D eigenvalue weighted by atomic mass is 9.67. The van der Waals surface area contributed by atoms with Crippen LogP contribution in [-0.4, -0.2) is 33.2 Å². The van der Waals surface area contributed by atoms with Gasteiger partial charge in [0.1, 0.15) is 0 Å². The summed E-state index contributed by atoms with van der Waals surface area (Å²) in [5.41, 5.74) is 2.20. The van der Waals surface area contributed by atoms with Crippen molar-refractivity contribution in [2.75, 3.05) is 6.54 Å². The van der Waals surface area contributed by atoms with Gasteiger partial charge >= 0.3 is 0 Å². The number of nitrogens with zero attached hydrogens (tertiary/aromatic N) is 2. The number of aromatic nitrogens is 2. The number of nitrogens with one attached hydrogen (secondary N) is 1. The standard InChI is InChI=1S/C21H27N3O2/c25-19-11-15-8-16(12-19)10-18(9-15)21(26)23-6-7-24-14-22-13-20(24)17-4-2-1-3-5-17/h1-5,13-16,18-19,25H,6-12H2,(H,23,26)/t15-,16+,18?,19?. The van der Waals surface area contributed by atoms with Gasteiger partial charge in [0.2, 0.25) is 5.91 Å². The number of amides is 1. The summed E-state index contributed by atoms with van der Waals surface area (Å²) in [5, 5.41) is 13.0. The summed E-state index contributed by atoms with van der Waals surface area (Å²) in [7, 11) is 0. The van der Waals surface area contributed by atoms with Crippen molar-refractivity contribution in [2.24, 2.45) is 17.8 Å². The molecular weight excluding hydrogens is 326 g/mol. The van der Waals surface area contributed by atoms with Crippen LogP contribution in [0.4, 0.5) is 0 Å². The maximum atomic E-state index is 12.6. The van der Waals surface area contributed by atoms with Gasteiger partial charge in [0.25, 0.3) is 0 Å². The SMILES string of the molecule is O=C(NCCn1cncc1-c1ccccc1)C1C[C@H]2CC(O)C[C@@H](C1)C2. The lowest BCUT2D eigenvalue weighted by Crippen LogP contribution is -2.41. The Labute approximate surface area is 154 Å². The molecule has 2 fully saturated rings. The monoisotopic (exact) mass is 353 g/mol. The Balaban J connectivity index is 1.30. The first-order chi connectivity index (χ1) is 12.7. The molecule has 5 nitrogen and oxygen atoms in total. The Kier molecular flexibility index (Phi) is 5.07. The molecular formula is C21H27N3O2. The van der Waals surface area contributed by atoms with E-state index in [-0.39, 0.29) is 17.9 Å². The summed E-state index contributed by atoms with van der Waals surface area (Å²) in [6.45, 7) is 1.33. The molecule has 26 heavy (non-hydrogen) atoms. The minimum Gasteiger partial charge on any atom is -0.393 e. The highest BCUT2D eigenvalue weighted by molar-refractivity contribution is 5.78. The molecule has 2 N–H and O–H groups in total. The van der Waals surface area contributed by atoms with Gasteiger partial charge in [-0.25, -0.2) is 4.98 Å². The van der Waals surface area contributed by atoms with Crippen LogP contribution in [0, 0.1) is 17.8 Å². The minimum atomic E-state index is -0.152. The number of benzene rings is 1. The van der Waals surface area contributed by atoms with Crippen LogP contribution in [0.5, 0.6) is 0 Å². The summed E-state index contributed by atoms with van der Waals surface area (Å²) in [6, 6.07) is 10.2. The normalized spacial score (nSPS) is 27.9. The highest BCUT2D eigenvalue weighted by Gasteiger charge is 2.37. The fraction of sp³-hybridized carbons (Fsp3) is 0.524. The number of fused-ring (bicyclic) bond motifs is 2. The molecule has 0 radical (unpaired) electrons. The van der Waals surface area contributed by atoms with Gasteiger partial charge in [0.05, 0.1) is 24.3 Å². The number of imidazole rings is 1. The zero-order chi connectivity index (χ0) is 17.9. The maximum Gasteiger partial charge on any atom is 0.223 e. The summed E-state index contributed by atoms with van der Waals surface area (Å²) in [5.74, 6) is 1.33. The van der Waals surface area contributed by atoms with Gasteiger partial charge in [-0.1, -0.05) is 30.3 Å². The molecule has 138 valence electrons. The molecule has 4 rings (SSSR count). The summed E-state index contributed by atoms with van der Waals surface area (Å²) >= 11 is 0. The third-order valence-corrected chi connectivity index (χ3v) is 5.92. The molecule has 0 saturated heterocycles. The second-order valence-corrected chi connectivity index (χ2v) is 7.89. The Morgan fingerprint density at radius 2 is 1.85 bits per heavy atom. The number of hydrogen-bond acceptors (Lipinski definition) is 3. The second-order valence-electron chi connectivity index (χ2n) is 7.89. The number of carbonyl (C=O) groups is 1. The number of aliphatic hydroxyl groups is 1. The van der Waals surface area contributed by atoms with E-state index in [4.69, 9.17) is 0 Å². The molecule has 0 aliphatic heterocycles.